The Labute approximate surface area is 94.0 Å². The molecule has 0 saturated carbocycles. The van der Waals surface area contributed by atoms with Crippen LogP contribution in [0.25, 0.3) is 10.8 Å². The lowest BCUT2D eigenvalue weighted by Gasteiger charge is -2.06. The van der Waals surface area contributed by atoms with Crippen LogP contribution >= 0.6 is 0 Å². The third-order valence-electron chi connectivity index (χ3n) is 2.20. The average molecular weight is 237 g/mol. The largest absolute Gasteiger partial charge is 0.361 e. The summed E-state index contributed by atoms with van der Waals surface area (Å²) in [4.78, 5) is 3.94. The summed E-state index contributed by atoms with van der Waals surface area (Å²) in [5, 5.41) is 1.60. The second-order valence-corrected chi connectivity index (χ2v) is 5.13. The molecule has 0 radical (unpaired) electrons. The second-order valence-electron chi connectivity index (χ2n) is 3.27. The van der Waals surface area contributed by atoms with Gasteiger partial charge in [0.15, 0.2) is 0 Å². The van der Waals surface area contributed by atoms with Crippen molar-refractivity contribution in [3.8, 4) is 5.88 Å². The van der Waals surface area contributed by atoms with Crippen LogP contribution in [0.15, 0.2) is 36.5 Å². The van der Waals surface area contributed by atoms with Gasteiger partial charge in [-0.2, -0.15) is 8.42 Å². The van der Waals surface area contributed by atoms with Crippen LogP contribution in [0.3, 0.4) is 0 Å². The molecule has 2 aromatic rings. The third kappa shape index (κ3) is 2.14. The molecule has 0 atom stereocenters. The third-order valence-corrected chi connectivity index (χ3v) is 3.32. The zero-order valence-electron chi connectivity index (χ0n) is 8.75. The minimum absolute atomic E-state index is 0.0715. The van der Waals surface area contributed by atoms with Gasteiger partial charge in [0.05, 0.1) is 5.75 Å². The Bertz CT molecular complexity index is 602. The van der Waals surface area contributed by atoms with E-state index < -0.39 is 10.1 Å². The normalized spacial score (nSPS) is 11.6. The maximum absolute atomic E-state index is 11.4. The quantitative estimate of drug-likeness (QED) is 0.766. The van der Waals surface area contributed by atoms with Crippen LogP contribution in [0.2, 0.25) is 0 Å². The lowest BCUT2D eigenvalue weighted by molar-refractivity contribution is 0.481. The Morgan fingerprint density at radius 2 is 2.00 bits per heavy atom. The molecule has 0 aliphatic heterocycles. The molecule has 16 heavy (non-hydrogen) atoms. The van der Waals surface area contributed by atoms with Gasteiger partial charge >= 0.3 is 10.1 Å². The highest BCUT2D eigenvalue weighted by atomic mass is 32.2. The second kappa shape index (κ2) is 4.09. The number of aromatic nitrogens is 1. The molecule has 0 fully saturated rings. The fraction of sp³-hybridized carbons (Fsp3) is 0.182. The van der Waals surface area contributed by atoms with Crippen LogP contribution < -0.4 is 4.18 Å². The smallest absolute Gasteiger partial charge is 0.310 e. The van der Waals surface area contributed by atoms with E-state index in [1.165, 1.54) is 13.1 Å². The predicted molar refractivity (Wildman–Crippen MR) is 61.8 cm³/mol. The zero-order valence-corrected chi connectivity index (χ0v) is 9.57. The van der Waals surface area contributed by atoms with Crippen LogP contribution in [-0.2, 0) is 10.1 Å². The predicted octanol–water partition coefficient (Wildman–Crippen LogP) is 1.96. The van der Waals surface area contributed by atoms with Gasteiger partial charge in [0.25, 0.3) is 0 Å². The van der Waals surface area contributed by atoms with Crippen molar-refractivity contribution in [2.45, 2.75) is 6.92 Å². The summed E-state index contributed by atoms with van der Waals surface area (Å²) in [6.45, 7) is 1.53. The summed E-state index contributed by atoms with van der Waals surface area (Å²) in [6.07, 6.45) is 1.53. The number of nitrogens with zero attached hydrogens (tertiary/aromatic N) is 1. The number of hydrogen-bond donors (Lipinski definition) is 0. The van der Waals surface area contributed by atoms with E-state index in [1.807, 2.05) is 18.2 Å². The van der Waals surface area contributed by atoms with Crippen molar-refractivity contribution in [1.82, 2.24) is 4.98 Å². The lowest BCUT2D eigenvalue weighted by Crippen LogP contribution is -2.12. The van der Waals surface area contributed by atoms with E-state index in [4.69, 9.17) is 4.18 Å². The average Bonchev–Trinajstić information content (AvgIpc) is 2.29. The van der Waals surface area contributed by atoms with Gasteiger partial charge in [-0.1, -0.05) is 18.2 Å². The molecule has 0 amide bonds. The van der Waals surface area contributed by atoms with Crippen molar-refractivity contribution in [3.63, 3.8) is 0 Å². The summed E-state index contributed by atoms with van der Waals surface area (Å²) < 4.78 is 27.6. The van der Waals surface area contributed by atoms with Gasteiger partial charge < -0.3 is 4.18 Å². The van der Waals surface area contributed by atoms with Crippen LogP contribution in [0.4, 0.5) is 0 Å². The van der Waals surface area contributed by atoms with Crippen LogP contribution in [-0.4, -0.2) is 19.2 Å². The first kappa shape index (κ1) is 10.9. The molecule has 5 heteroatoms. The zero-order chi connectivity index (χ0) is 11.6. The number of benzene rings is 1. The standard InChI is InChI=1S/C11H11NO3S/c1-2-16(13,14)15-11-10-6-4-3-5-9(10)7-8-12-11/h3-8H,2H2,1H3. The Morgan fingerprint density at radius 3 is 2.75 bits per heavy atom. The minimum Gasteiger partial charge on any atom is -0.361 e. The summed E-state index contributed by atoms with van der Waals surface area (Å²) in [5.41, 5.74) is 0. The minimum atomic E-state index is -3.53. The molecular formula is C11H11NO3S. The molecule has 0 aliphatic rings. The highest BCUT2D eigenvalue weighted by Crippen LogP contribution is 2.23. The van der Waals surface area contributed by atoms with Gasteiger partial charge in [0.1, 0.15) is 0 Å². The molecule has 84 valence electrons. The van der Waals surface area contributed by atoms with Crippen LogP contribution in [0.5, 0.6) is 5.88 Å². The van der Waals surface area contributed by atoms with E-state index in [0.717, 1.165) is 5.39 Å². The maximum Gasteiger partial charge on any atom is 0.310 e. The van der Waals surface area contributed by atoms with Gasteiger partial charge in [0, 0.05) is 11.6 Å². The van der Waals surface area contributed by atoms with Gasteiger partial charge in [-0.3, -0.25) is 0 Å². The van der Waals surface area contributed by atoms with Gasteiger partial charge in [0.2, 0.25) is 5.88 Å². The highest BCUT2D eigenvalue weighted by Gasteiger charge is 2.12. The number of fused-ring (bicyclic) bond motifs is 1. The number of pyridine rings is 1. The molecule has 1 aromatic heterocycles. The summed E-state index contributed by atoms with van der Waals surface area (Å²) in [6, 6.07) is 9.15. The molecular weight excluding hydrogens is 226 g/mol. The Morgan fingerprint density at radius 1 is 1.25 bits per heavy atom. The first-order chi connectivity index (χ1) is 7.62. The molecule has 2 rings (SSSR count). The molecule has 1 heterocycles. The van der Waals surface area contributed by atoms with Gasteiger partial charge in [-0.05, 0) is 24.4 Å². The molecule has 0 aliphatic carbocycles. The van der Waals surface area contributed by atoms with Crippen LogP contribution in [0.1, 0.15) is 6.92 Å². The van der Waals surface area contributed by atoms with E-state index in [-0.39, 0.29) is 11.6 Å². The summed E-state index contributed by atoms with van der Waals surface area (Å²) in [5.74, 6) is 0.0673. The SMILES string of the molecule is CCS(=O)(=O)Oc1nccc2ccccc12. The molecule has 4 nitrogen and oxygen atoms in total. The summed E-state index contributed by atoms with van der Waals surface area (Å²) in [7, 11) is -3.53. The van der Waals surface area contributed by atoms with Crippen molar-refractivity contribution in [2.75, 3.05) is 5.75 Å². The van der Waals surface area contributed by atoms with Crippen molar-refractivity contribution < 1.29 is 12.6 Å². The first-order valence-electron chi connectivity index (χ1n) is 4.88. The van der Waals surface area contributed by atoms with Crippen molar-refractivity contribution in [1.29, 1.82) is 0 Å². The van der Waals surface area contributed by atoms with E-state index in [0.29, 0.717) is 5.39 Å². The topological polar surface area (TPSA) is 56.3 Å². The van der Waals surface area contributed by atoms with Crippen molar-refractivity contribution in [2.24, 2.45) is 0 Å². The molecule has 0 bridgehead atoms. The fourth-order valence-corrected chi connectivity index (χ4v) is 1.83. The van der Waals surface area contributed by atoms with Gasteiger partial charge in [-0.15, -0.1) is 0 Å². The summed E-state index contributed by atoms with van der Waals surface area (Å²) >= 11 is 0. The monoisotopic (exact) mass is 237 g/mol. The molecule has 0 N–H and O–H groups in total. The first-order valence-corrected chi connectivity index (χ1v) is 6.46. The van der Waals surface area contributed by atoms with Crippen LogP contribution in [0, 0.1) is 0 Å². The molecule has 0 spiro atoms. The van der Waals surface area contributed by atoms with Crippen molar-refractivity contribution >= 4 is 20.9 Å². The van der Waals surface area contributed by atoms with Crippen molar-refractivity contribution in [3.05, 3.63) is 36.5 Å². The lowest BCUT2D eigenvalue weighted by atomic mass is 10.2. The Hall–Kier alpha value is -1.62. The molecule has 0 unspecified atom stereocenters. The van der Waals surface area contributed by atoms with Gasteiger partial charge in [-0.25, -0.2) is 4.98 Å². The molecule has 0 saturated heterocycles. The van der Waals surface area contributed by atoms with E-state index in [1.54, 1.807) is 12.1 Å². The maximum atomic E-state index is 11.4. The van der Waals surface area contributed by atoms with E-state index in [9.17, 15) is 8.42 Å². The van der Waals surface area contributed by atoms with E-state index >= 15 is 0 Å². The highest BCUT2D eigenvalue weighted by molar-refractivity contribution is 7.87. The fourth-order valence-electron chi connectivity index (χ4n) is 1.34. The number of rotatable bonds is 3. The number of hydrogen-bond acceptors (Lipinski definition) is 4. The Kier molecular flexibility index (Phi) is 2.78. The Balaban J connectivity index is 2.53. The van der Waals surface area contributed by atoms with E-state index in [2.05, 4.69) is 4.98 Å². The molecule has 1 aromatic carbocycles.